The van der Waals surface area contributed by atoms with Gasteiger partial charge in [-0.25, -0.2) is 42.3 Å². The average Bonchev–Trinajstić information content (AvgIpc) is 1.77. The number of anilines is 2. The molecule has 0 bridgehead atoms. The standard InChI is InChI=1S/C32H30ClFN6O5S.C30H27ClF2N6O5S/c1-18(41)13-26(42)19-3-6-21(7-4-19)40-16-22-15-38(10-11-39(22)32(40)44)17-25-27(31(43)45-2)28(23-8-5-20(34)14-24(23)33)37-29(36-25)30-35-9-12-46-30;1-44-29(42)25-22(35-27(28-34-6-9-45-28)36-26(25)19-4-3-17(32)12-20(19)31)15-37-7-8-38-18(13-37)14-39(30(38)43)23-5-2-16(10-21(23)33)11-24(40)41/h3-9,12,14,22,28H,10-11,13,15-17H2,1-2H3,(H,36,37);2-6,9-10,12,18,26H,7-8,11,13-15H2,1H3,(H,35,36)(H,40,41)/t22-,28-;18-,26-/m00/s1. The predicted octanol–water partition coefficient (Wildman–Crippen LogP) is 8.09. The van der Waals surface area contributed by atoms with Crippen LogP contribution in [0.15, 0.2) is 135 Å². The lowest BCUT2D eigenvalue weighted by Gasteiger charge is -2.38. The molecule has 3 N–H and O–H groups in total. The van der Waals surface area contributed by atoms with Crippen molar-refractivity contribution in [3.8, 4) is 0 Å². The van der Waals surface area contributed by atoms with Crippen LogP contribution < -0.4 is 20.4 Å². The van der Waals surface area contributed by atoms with Crippen molar-refractivity contribution in [3.05, 3.63) is 184 Å². The number of Topliss-reactive ketones (excluding diaryl/α,β-unsaturated/α-hetero) is 2. The van der Waals surface area contributed by atoms with Crippen LogP contribution in [0.2, 0.25) is 10.0 Å². The van der Waals surface area contributed by atoms with Crippen LogP contribution in [0.25, 0.3) is 0 Å². The number of halogens is 5. The first-order valence-corrected chi connectivity index (χ1v) is 31.0. The van der Waals surface area contributed by atoms with Crippen molar-refractivity contribution < 1.29 is 61.3 Å². The summed E-state index contributed by atoms with van der Waals surface area (Å²) in [6, 6.07) is 16.0. The number of amides is 4. The Kier molecular flexibility index (Phi) is 19.1. The van der Waals surface area contributed by atoms with Crippen LogP contribution in [0.1, 0.15) is 62.5 Å². The minimum Gasteiger partial charge on any atom is -0.481 e. The number of amidine groups is 2. The molecule has 4 saturated heterocycles. The van der Waals surface area contributed by atoms with Gasteiger partial charge in [0.1, 0.15) is 35.3 Å². The fourth-order valence-corrected chi connectivity index (χ4v) is 13.6. The molecule has 0 aliphatic carbocycles. The van der Waals surface area contributed by atoms with Gasteiger partial charge in [0.2, 0.25) is 0 Å². The topological polar surface area (TPSA) is 252 Å². The number of nitrogens with one attached hydrogen (secondary N) is 2. The van der Waals surface area contributed by atoms with E-state index in [0.717, 1.165) is 12.1 Å². The van der Waals surface area contributed by atoms with E-state index in [1.54, 1.807) is 51.8 Å². The predicted molar refractivity (Wildman–Crippen MR) is 333 cm³/mol. The van der Waals surface area contributed by atoms with E-state index in [4.69, 9.17) is 47.8 Å². The number of carboxylic acids is 1. The number of thiazole rings is 2. The van der Waals surface area contributed by atoms with Gasteiger partial charge in [-0.1, -0.05) is 41.4 Å². The number of benzene rings is 4. The Morgan fingerprint density at radius 1 is 0.648 bits per heavy atom. The monoisotopic (exact) mass is 1320 g/mol. The Morgan fingerprint density at radius 2 is 1.14 bits per heavy atom. The molecule has 29 heteroatoms. The maximum absolute atomic E-state index is 15.0. The Balaban J connectivity index is 0.000000187. The number of ether oxygens (including phenoxy) is 2. The number of nitrogens with zero attached hydrogens (tertiary/aromatic N) is 10. The maximum atomic E-state index is 15.0. The number of ketones is 2. The third kappa shape index (κ3) is 13.8. The Morgan fingerprint density at radius 3 is 1.58 bits per heavy atom. The molecule has 4 fully saturated rings. The van der Waals surface area contributed by atoms with Crippen molar-refractivity contribution >= 4 is 110 Å². The molecular weight excluding hydrogens is 1260 g/mol. The highest BCUT2D eigenvalue weighted by molar-refractivity contribution is 7.12. The van der Waals surface area contributed by atoms with Crippen LogP contribution in [-0.2, 0) is 35.1 Å². The van der Waals surface area contributed by atoms with E-state index >= 15 is 4.39 Å². The summed E-state index contributed by atoms with van der Waals surface area (Å²) in [5.41, 5.74) is 3.86. The second-order valence-corrected chi connectivity index (χ2v) is 24.5. The number of fused-ring (bicyclic) bond motifs is 2. The van der Waals surface area contributed by atoms with Gasteiger partial charge in [-0.05, 0) is 73.2 Å². The van der Waals surface area contributed by atoms with Gasteiger partial charge < -0.3 is 35.0 Å². The summed E-state index contributed by atoms with van der Waals surface area (Å²) >= 11 is 15.6. The first-order chi connectivity index (χ1) is 43.7. The molecule has 2 aromatic heterocycles. The second-order valence-electron chi connectivity index (χ2n) is 21.9. The van der Waals surface area contributed by atoms with Gasteiger partial charge in [0.25, 0.3) is 0 Å². The van der Waals surface area contributed by atoms with Crippen LogP contribution >= 0.6 is 45.9 Å². The van der Waals surface area contributed by atoms with Crippen molar-refractivity contribution in [1.82, 2.24) is 40.2 Å². The van der Waals surface area contributed by atoms with Gasteiger partial charge in [-0.2, -0.15) is 0 Å². The average molecular weight is 1320 g/mol. The number of piperazine rings is 2. The smallest absolute Gasteiger partial charge is 0.338 e. The minimum absolute atomic E-state index is 0.0861. The zero-order valence-electron chi connectivity index (χ0n) is 48.9. The van der Waals surface area contributed by atoms with Gasteiger partial charge in [-0.3, -0.25) is 44.0 Å². The second kappa shape index (κ2) is 27.3. The summed E-state index contributed by atoms with van der Waals surface area (Å²) in [7, 11) is 2.56. The van der Waals surface area contributed by atoms with Crippen LogP contribution in [0.4, 0.5) is 34.1 Å². The number of hydrogen-bond donors (Lipinski definition) is 3. The number of carboxylic acid groups (broad SMARTS) is 1. The lowest BCUT2D eigenvalue weighted by Crippen LogP contribution is -2.53. The molecule has 472 valence electrons. The molecular formula is C62H57Cl2F3N12O10S2. The number of methoxy groups -OCH3 is 2. The van der Waals surface area contributed by atoms with Crippen molar-refractivity contribution in [1.29, 1.82) is 0 Å². The summed E-state index contributed by atoms with van der Waals surface area (Å²) < 4.78 is 53.3. The molecule has 4 aromatic carbocycles. The van der Waals surface area contributed by atoms with Crippen molar-refractivity contribution in [2.75, 3.05) is 89.5 Å². The summed E-state index contributed by atoms with van der Waals surface area (Å²) in [5, 5.41) is 20.6. The minimum atomic E-state index is -1.08. The Hall–Kier alpha value is -8.86. The molecule has 6 aliphatic rings. The molecule has 6 aliphatic heterocycles. The molecule has 0 spiro atoms. The zero-order chi connectivity index (χ0) is 64.4. The highest BCUT2D eigenvalue weighted by atomic mass is 35.5. The molecule has 4 amide bonds. The quantitative estimate of drug-likeness (QED) is 0.0443. The van der Waals surface area contributed by atoms with E-state index in [9.17, 15) is 42.3 Å². The highest BCUT2D eigenvalue weighted by Gasteiger charge is 2.45. The van der Waals surface area contributed by atoms with Crippen molar-refractivity contribution in [3.63, 3.8) is 0 Å². The third-order valence-electron chi connectivity index (χ3n) is 16.1. The fourth-order valence-electron chi connectivity index (χ4n) is 11.8. The molecule has 8 heterocycles. The molecule has 0 radical (unpaired) electrons. The summed E-state index contributed by atoms with van der Waals surface area (Å²) in [6.07, 6.45) is 2.80. The molecule has 0 unspecified atom stereocenters. The molecule has 12 rings (SSSR count). The molecule has 91 heavy (non-hydrogen) atoms. The number of hydrogen-bond acceptors (Lipinski definition) is 19. The Labute approximate surface area is 536 Å². The van der Waals surface area contributed by atoms with E-state index in [2.05, 4.69) is 30.4 Å². The number of carbonyl (C=O) groups excluding carboxylic acids is 6. The third-order valence-corrected chi connectivity index (χ3v) is 18.3. The van der Waals surface area contributed by atoms with E-state index < -0.39 is 47.4 Å². The number of esters is 2. The summed E-state index contributed by atoms with van der Waals surface area (Å²) in [5.74, 6) is -3.60. The van der Waals surface area contributed by atoms with Gasteiger partial charge in [0, 0.05) is 132 Å². The van der Waals surface area contributed by atoms with Gasteiger partial charge in [-0.15, -0.1) is 22.7 Å². The zero-order valence-corrected chi connectivity index (χ0v) is 52.1. The molecule has 0 saturated carbocycles. The number of aromatic nitrogens is 2. The molecule has 4 atom stereocenters. The highest BCUT2D eigenvalue weighted by Crippen LogP contribution is 2.40. The van der Waals surface area contributed by atoms with Gasteiger partial charge in [0.15, 0.2) is 27.5 Å². The lowest BCUT2D eigenvalue weighted by atomic mass is 9.95. The number of urea groups is 2. The summed E-state index contributed by atoms with van der Waals surface area (Å²) in [6.45, 7) is 5.38. The van der Waals surface area contributed by atoms with Crippen LogP contribution in [0, 0.1) is 17.5 Å². The number of aliphatic carboxylic acids is 1. The van der Waals surface area contributed by atoms with Crippen LogP contribution in [0.3, 0.4) is 0 Å². The van der Waals surface area contributed by atoms with E-state index in [-0.39, 0.29) is 88.5 Å². The number of rotatable bonds is 17. The van der Waals surface area contributed by atoms with Gasteiger partial charge in [0.05, 0.1) is 56.0 Å². The lowest BCUT2D eigenvalue weighted by molar-refractivity contribution is -0.137. The van der Waals surface area contributed by atoms with Crippen molar-refractivity contribution in [2.45, 2.75) is 43.9 Å². The fraction of sp³-hybridized carbons (Fsp3) is 0.306. The van der Waals surface area contributed by atoms with E-state index in [1.807, 2.05) is 10.3 Å². The number of aliphatic imine (C=N–C) groups is 2. The SMILES string of the molecule is COC(=O)C1=C(CN2CCN3C(=O)N(c4ccc(C(=O)CC(C)=O)cc4)C[C@@H]3C2)NC(c2nccs2)=N[C@H]1c1ccc(F)cc1Cl.COC(=O)C1=C(CN2CCN3C(=O)N(c4ccc(CC(=O)O)cc4F)C[C@@H]3C2)NC(c2nccs2)=N[C@H]1c1ccc(F)cc1Cl. The first-order valence-electron chi connectivity index (χ1n) is 28.5. The largest absolute Gasteiger partial charge is 0.481 e. The number of carbonyl (C=O) groups is 7. The van der Waals surface area contributed by atoms with Crippen LogP contribution in [0.5, 0.6) is 0 Å². The van der Waals surface area contributed by atoms with Gasteiger partial charge >= 0.3 is 30.0 Å². The maximum Gasteiger partial charge on any atom is 0.338 e. The van der Waals surface area contributed by atoms with E-state index in [1.165, 1.54) is 91.2 Å². The normalized spacial score (nSPS) is 20.0. The summed E-state index contributed by atoms with van der Waals surface area (Å²) in [4.78, 5) is 117. The first kappa shape index (κ1) is 63.7. The van der Waals surface area contributed by atoms with Crippen molar-refractivity contribution in [2.24, 2.45) is 9.98 Å². The van der Waals surface area contributed by atoms with E-state index in [0.29, 0.717) is 113 Å². The molecule has 6 aromatic rings. The Bertz CT molecular complexity index is 4010. The van der Waals surface area contributed by atoms with Crippen LogP contribution in [-0.4, -0.2) is 180 Å². The molecule has 22 nitrogen and oxygen atoms in total.